The van der Waals surface area contributed by atoms with Crippen molar-refractivity contribution in [1.82, 2.24) is 4.90 Å². The van der Waals surface area contributed by atoms with E-state index < -0.39 is 11.7 Å². The number of amidine groups is 1. The maximum atomic E-state index is 13.2. The molecule has 0 saturated carbocycles. The highest BCUT2D eigenvalue weighted by molar-refractivity contribution is 6.01. The van der Waals surface area contributed by atoms with Gasteiger partial charge in [0.2, 0.25) is 0 Å². The monoisotopic (exact) mass is 388 g/mol. The van der Waals surface area contributed by atoms with Crippen molar-refractivity contribution in [2.45, 2.75) is 20.0 Å². The first-order valence-corrected chi connectivity index (χ1v) is 9.58. The molecule has 5 heteroatoms. The van der Waals surface area contributed by atoms with E-state index in [1.165, 1.54) is 35.4 Å². The summed E-state index contributed by atoms with van der Waals surface area (Å²) in [5, 5.41) is 0. The van der Waals surface area contributed by atoms with Gasteiger partial charge in [0.05, 0.1) is 6.61 Å². The topological polar surface area (TPSA) is 41.9 Å². The van der Waals surface area contributed by atoms with Crippen LogP contribution in [-0.4, -0.2) is 23.4 Å². The molecule has 0 bridgehead atoms. The molecule has 3 aromatic rings. The number of hydrogen-bond acceptors (Lipinski definition) is 2. The number of hydrogen-bond donors (Lipinski definition) is 0. The molecule has 1 aliphatic rings. The smallest absolute Gasteiger partial charge is 0.296 e. The van der Waals surface area contributed by atoms with Crippen LogP contribution < -0.4 is 0 Å². The van der Waals surface area contributed by atoms with Gasteiger partial charge in [-0.1, -0.05) is 48.5 Å². The predicted molar refractivity (Wildman–Crippen MR) is 111 cm³/mol. The molecule has 1 aliphatic heterocycles. The Kier molecular flexibility index (Phi) is 5.38. The Morgan fingerprint density at radius 2 is 1.48 bits per heavy atom. The van der Waals surface area contributed by atoms with Crippen molar-refractivity contribution >= 4 is 11.9 Å². The fraction of sp³-hybridized carbons (Fsp3) is 0.167. The van der Waals surface area contributed by atoms with Gasteiger partial charge in [-0.15, -0.1) is 0 Å². The number of aliphatic imine (C=N–C) groups is 1. The van der Waals surface area contributed by atoms with Gasteiger partial charge in [-0.25, -0.2) is 4.39 Å². The lowest BCUT2D eigenvalue weighted by Gasteiger charge is -2.24. The molecule has 0 atom stereocenters. The van der Waals surface area contributed by atoms with Crippen molar-refractivity contribution < 1.29 is 13.9 Å². The van der Waals surface area contributed by atoms with E-state index in [0.29, 0.717) is 25.3 Å². The van der Waals surface area contributed by atoms with Crippen LogP contribution in [0, 0.1) is 5.82 Å². The lowest BCUT2D eigenvalue weighted by Crippen LogP contribution is -2.32. The van der Waals surface area contributed by atoms with Crippen LogP contribution in [0.3, 0.4) is 0 Å². The SMILES string of the molecule is CCOC(=NC(=O)c1ccc(F)cc1)N1Cc2ccccc2-c2ccccc2C1. The average Bonchev–Trinajstić information content (AvgIpc) is 2.91. The fourth-order valence-corrected chi connectivity index (χ4v) is 3.51. The van der Waals surface area contributed by atoms with Gasteiger partial charge in [-0.05, 0) is 53.4 Å². The molecule has 3 aromatic carbocycles. The maximum Gasteiger partial charge on any atom is 0.296 e. The summed E-state index contributed by atoms with van der Waals surface area (Å²) in [4.78, 5) is 18.8. The number of rotatable bonds is 2. The summed E-state index contributed by atoms with van der Waals surface area (Å²) in [6.07, 6.45) is 0. The van der Waals surface area contributed by atoms with Crippen molar-refractivity contribution in [1.29, 1.82) is 0 Å². The van der Waals surface area contributed by atoms with Crippen LogP contribution in [0.4, 0.5) is 4.39 Å². The molecule has 0 spiro atoms. The van der Waals surface area contributed by atoms with E-state index in [1.54, 1.807) is 0 Å². The number of carbonyl (C=O) groups excluding carboxylic acids is 1. The van der Waals surface area contributed by atoms with Gasteiger partial charge < -0.3 is 9.64 Å². The summed E-state index contributed by atoms with van der Waals surface area (Å²) in [6, 6.07) is 22.1. The van der Waals surface area contributed by atoms with E-state index >= 15 is 0 Å². The Balaban J connectivity index is 1.73. The normalized spacial score (nSPS) is 13.3. The molecule has 1 amide bonds. The number of carbonyl (C=O) groups is 1. The summed E-state index contributed by atoms with van der Waals surface area (Å²) >= 11 is 0. The van der Waals surface area contributed by atoms with Gasteiger partial charge in [-0.3, -0.25) is 4.79 Å². The second kappa shape index (κ2) is 8.27. The standard InChI is InChI=1S/C24H21FN2O2/c1-2-29-24(26-23(28)17-11-13-20(25)14-12-17)27-15-18-7-3-5-9-21(18)22-10-6-4-8-19(22)16-27/h3-14H,2,15-16H2,1H3. The van der Waals surface area contributed by atoms with Crippen LogP contribution in [0.15, 0.2) is 77.8 Å². The van der Waals surface area contributed by atoms with E-state index in [2.05, 4.69) is 29.3 Å². The molecule has 0 aromatic heterocycles. The summed E-state index contributed by atoms with van der Waals surface area (Å²) < 4.78 is 18.9. The molecule has 4 nitrogen and oxygen atoms in total. The summed E-state index contributed by atoms with van der Waals surface area (Å²) in [5.74, 6) is -0.851. The number of fused-ring (bicyclic) bond motifs is 3. The quantitative estimate of drug-likeness (QED) is 0.456. The lowest BCUT2D eigenvalue weighted by atomic mass is 9.97. The van der Waals surface area contributed by atoms with Crippen LogP contribution in [0.2, 0.25) is 0 Å². The molecule has 0 N–H and O–H groups in total. The molecule has 4 rings (SSSR count). The number of halogens is 1. The molecule has 0 aliphatic carbocycles. The average molecular weight is 388 g/mol. The number of amides is 1. The fourth-order valence-electron chi connectivity index (χ4n) is 3.51. The van der Waals surface area contributed by atoms with Crippen LogP contribution >= 0.6 is 0 Å². The minimum Gasteiger partial charge on any atom is -0.465 e. The summed E-state index contributed by atoms with van der Waals surface area (Å²) in [5.41, 5.74) is 4.94. The Labute approximate surface area is 169 Å². The second-order valence-corrected chi connectivity index (χ2v) is 6.81. The van der Waals surface area contributed by atoms with E-state index in [-0.39, 0.29) is 6.02 Å². The van der Waals surface area contributed by atoms with Gasteiger partial charge in [0.15, 0.2) is 0 Å². The van der Waals surface area contributed by atoms with Gasteiger partial charge >= 0.3 is 0 Å². The first kappa shape index (κ1) is 18.9. The Morgan fingerprint density at radius 1 is 0.931 bits per heavy atom. The van der Waals surface area contributed by atoms with E-state index in [4.69, 9.17) is 4.74 Å². The Hall–Kier alpha value is -3.47. The number of benzene rings is 3. The third-order valence-corrected chi connectivity index (χ3v) is 4.88. The van der Waals surface area contributed by atoms with Gasteiger partial charge in [0.25, 0.3) is 11.9 Å². The lowest BCUT2D eigenvalue weighted by molar-refractivity contribution is 0.0993. The van der Waals surface area contributed by atoms with Crippen LogP contribution in [-0.2, 0) is 17.8 Å². The molecular weight excluding hydrogens is 367 g/mol. The number of ether oxygens (including phenoxy) is 1. The minimum absolute atomic E-state index is 0.272. The van der Waals surface area contributed by atoms with E-state index in [1.807, 2.05) is 36.1 Å². The highest BCUT2D eigenvalue weighted by atomic mass is 19.1. The van der Waals surface area contributed by atoms with Gasteiger partial charge in [0.1, 0.15) is 5.82 Å². The molecule has 146 valence electrons. The largest absolute Gasteiger partial charge is 0.465 e. The first-order chi connectivity index (χ1) is 14.2. The van der Waals surface area contributed by atoms with E-state index in [9.17, 15) is 9.18 Å². The number of nitrogens with zero attached hydrogens (tertiary/aromatic N) is 2. The zero-order valence-corrected chi connectivity index (χ0v) is 16.1. The predicted octanol–water partition coefficient (Wildman–Crippen LogP) is 5.04. The molecular formula is C24H21FN2O2. The van der Waals surface area contributed by atoms with Crippen molar-refractivity contribution in [2.24, 2.45) is 4.99 Å². The van der Waals surface area contributed by atoms with E-state index in [0.717, 1.165) is 11.1 Å². The highest BCUT2D eigenvalue weighted by Gasteiger charge is 2.23. The zero-order valence-electron chi connectivity index (χ0n) is 16.1. The van der Waals surface area contributed by atoms with Crippen molar-refractivity contribution in [2.75, 3.05) is 6.61 Å². The van der Waals surface area contributed by atoms with Crippen molar-refractivity contribution in [3.63, 3.8) is 0 Å². The highest BCUT2D eigenvalue weighted by Crippen LogP contribution is 2.32. The zero-order chi connectivity index (χ0) is 20.2. The Bertz CT molecular complexity index is 1010. The van der Waals surface area contributed by atoms with Gasteiger partial charge in [-0.2, -0.15) is 4.99 Å². The first-order valence-electron chi connectivity index (χ1n) is 9.58. The molecule has 0 unspecified atom stereocenters. The van der Waals surface area contributed by atoms with Crippen molar-refractivity contribution in [3.8, 4) is 11.1 Å². The molecule has 0 radical (unpaired) electrons. The summed E-state index contributed by atoms with van der Waals surface area (Å²) in [7, 11) is 0. The minimum atomic E-state index is -0.459. The Morgan fingerprint density at radius 3 is 2.03 bits per heavy atom. The van der Waals surface area contributed by atoms with Gasteiger partial charge in [0, 0.05) is 18.7 Å². The van der Waals surface area contributed by atoms with Crippen LogP contribution in [0.5, 0.6) is 0 Å². The third kappa shape index (κ3) is 4.04. The molecule has 0 fully saturated rings. The van der Waals surface area contributed by atoms with Crippen LogP contribution in [0.1, 0.15) is 28.4 Å². The second-order valence-electron chi connectivity index (χ2n) is 6.81. The van der Waals surface area contributed by atoms with Crippen molar-refractivity contribution in [3.05, 3.63) is 95.3 Å². The molecule has 1 heterocycles. The maximum absolute atomic E-state index is 13.2. The third-order valence-electron chi connectivity index (χ3n) is 4.88. The molecule has 0 saturated heterocycles. The summed E-state index contributed by atoms with van der Waals surface area (Å²) in [6.45, 7) is 3.38. The van der Waals surface area contributed by atoms with Crippen LogP contribution in [0.25, 0.3) is 11.1 Å². The molecule has 29 heavy (non-hydrogen) atoms.